The molecule has 1 aromatic rings. The number of nitrogens with two attached hydrogens (primary N) is 1. The van der Waals surface area contributed by atoms with Gasteiger partial charge in [-0.2, -0.15) is 0 Å². The highest BCUT2D eigenvalue weighted by Crippen LogP contribution is 2.28. The van der Waals surface area contributed by atoms with Crippen LogP contribution in [0, 0.1) is 5.41 Å². The molecule has 0 saturated carbocycles. The summed E-state index contributed by atoms with van der Waals surface area (Å²) < 4.78 is 5.44. The summed E-state index contributed by atoms with van der Waals surface area (Å²) in [5, 5.41) is 0. The van der Waals surface area contributed by atoms with E-state index in [-0.39, 0.29) is 5.41 Å². The standard InChI is InChI=1S/C16H28N2O/c1-5-18(6-2)13-16(3,12-17)11-14-9-7-8-10-15(14)19-4/h7-10H,5-6,11-13,17H2,1-4H3. The Morgan fingerprint density at radius 3 is 2.37 bits per heavy atom. The molecule has 0 amide bonds. The van der Waals surface area contributed by atoms with Gasteiger partial charge >= 0.3 is 0 Å². The monoisotopic (exact) mass is 264 g/mol. The number of nitrogens with zero attached hydrogens (tertiary/aromatic N) is 1. The van der Waals surface area contributed by atoms with E-state index in [1.54, 1.807) is 7.11 Å². The molecular formula is C16H28N2O. The number of para-hydroxylation sites is 1. The Morgan fingerprint density at radius 2 is 1.84 bits per heavy atom. The van der Waals surface area contributed by atoms with E-state index in [4.69, 9.17) is 10.5 Å². The second-order valence-electron chi connectivity index (χ2n) is 5.46. The van der Waals surface area contributed by atoms with Gasteiger partial charge in [0, 0.05) is 6.54 Å². The fourth-order valence-electron chi connectivity index (χ4n) is 2.49. The average Bonchev–Trinajstić information content (AvgIpc) is 2.45. The van der Waals surface area contributed by atoms with Gasteiger partial charge in [-0.25, -0.2) is 0 Å². The van der Waals surface area contributed by atoms with Crippen molar-refractivity contribution in [2.45, 2.75) is 27.2 Å². The zero-order valence-electron chi connectivity index (χ0n) is 12.8. The van der Waals surface area contributed by atoms with E-state index in [1.165, 1.54) is 5.56 Å². The van der Waals surface area contributed by atoms with E-state index in [9.17, 15) is 0 Å². The normalized spacial score (nSPS) is 14.4. The van der Waals surface area contributed by atoms with Crippen LogP contribution in [0.4, 0.5) is 0 Å². The first kappa shape index (κ1) is 16.0. The Morgan fingerprint density at radius 1 is 1.21 bits per heavy atom. The minimum Gasteiger partial charge on any atom is -0.496 e. The van der Waals surface area contributed by atoms with Crippen molar-refractivity contribution in [2.75, 3.05) is 33.3 Å². The molecule has 1 aromatic carbocycles. The van der Waals surface area contributed by atoms with Crippen LogP contribution in [-0.2, 0) is 6.42 Å². The Labute approximate surface area is 117 Å². The molecular weight excluding hydrogens is 236 g/mol. The number of ether oxygens (including phenoxy) is 1. The van der Waals surface area contributed by atoms with Gasteiger partial charge in [-0.1, -0.05) is 39.0 Å². The minimum absolute atomic E-state index is 0.0840. The Kier molecular flexibility index (Phi) is 6.32. The van der Waals surface area contributed by atoms with Crippen molar-refractivity contribution >= 4 is 0 Å². The first-order valence-electron chi connectivity index (χ1n) is 7.13. The van der Waals surface area contributed by atoms with Crippen LogP contribution in [0.25, 0.3) is 0 Å². The maximum atomic E-state index is 6.04. The number of hydrogen-bond acceptors (Lipinski definition) is 3. The fourth-order valence-corrected chi connectivity index (χ4v) is 2.49. The van der Waals surface area contributed by atoms with Crippen molar-refractivity contribution in [3.05, 3.63) is 29.8 Å². The highest BCUT2D eigenvalue weighted by atomic mass is 16.5. The topological polar surface area (TPSA) is 38.5 Å². The Bertz CT molecular complexity index is 377. The van der Waals surface area contributed by atoms with Crippen LogP contribution >= 0.6 is 0 Å². The molecule has 0 spiro atoms. The van der Waals surface area contributed by atoms with Crippen LogP contribution in [0.15, 0.2) is 24.3 Å². The zero-order valence-corrected chi connectivity index (χ0v) is 12.8. The van der Waals surface area contributed by atoms with Crippen LogP contribution in [0.2, 0.25) is 0 Å². The summed E-state index contributed by atoms with van der Waals surface area (Å²) in [6.07, 6.45) is 0.948. The van der Waals surface area contributed by atoms with Crippen molar-refractivity contribution in [3.8, 4) is 5.75 Å². The van der Waals surface area contributed by atoms with Crippen molar-refractivity contribution in [1.82, 2.24) is 4.90 Å². The summed E-state index contributed by atoms with van der Waals surface area (Å²) in [6.45, 7) is 10.5. The van der Waals surface area contributed by atoms with E-state index < -0.39 is 0 Å². The third-order valence-electron chi connectivity index (χ3n) is 3.80. The van der Waals surface area contributed by atoms with Gasteiger partial charge < -0.3 is 15.4 Å². The maximum Gasteiger partial charge on any atom is 0.122 e. The molecule has 3 heteroatoms. The van der Waals surface area contributed by atoms with Crippen molar-refractivity contribution in [1.29, 1.82) is 0 Å². The van der Waals surface area contributed by atoms with Gasteiger partial charge in [0.2, 0.25) is 0 Å². The van der Waals surface area contributed by atoms with Gasteiger partial charge in [0.1, 0.15) is 5.75 Å². The quantitative estimate of drug-likeness (QED) is 0.784. The molecule has 0 aromatic heterocycles. The lowest BCUT2D eigenvalue weighted by atomic mass is 9.82. The summed E-state index contributed by atoms with van der Waals surface area (Å²) in [5.74, 6) is 0.960. The zero-order chi connectivity index (χ0) is 14.3. The number of benzene rings is 1. The van der Waals surface area contributed by atoms with E-state index in [0.29, 0.717) is 6.54 Å². The third-order valence-corrected chi connectivity index (χ3v) is 3.80. The van der Waals surface area contributed by atoms with E-state index >= 15 is 0 Å². The second-order valence-corrected chi connectivity index (χ2v) is 5.46. The smallest absolute Gasteiger partial charge is 0.122 e. The van der Waals surface area contributed by atoms with Crippen LogP contribution in [0.3, 0.4) is 0 Å². The summed E-state index contributed by atoms with van der Waals surface area (Å²) in [6, 6.07) is 8.22. The molecule has 0 aliphatic rings. The van der Waals surface area contributed by atoms with E-state index in [0.717, 1.165) is 31.8 Å². The number of rotatable bonds is 8. The van der Waals surface area contributed by atoms with E-state index in [1.807, 2.05) is 12.1 Å². The average molecular weight is 264 g/mol. The van der Waals surface area contributed by atoms with Crippen molar-refractivity contribution < 1.29 is 4.74 Å². The predicted molar refractivity (Wildman–Crippen MR) is 81.6 cm³/mol. The number of hydrogen-bond donors (Lipinski definition) is 1. The molecule has 0 saturated heterocycles. The Hall–Kier alpha value is -1.06. The van der Waals surface area contributed by atoms with Gasteiger partial charge in [-0.05, 0) is 43.1 Å². The molecule has 0 aliphatic heterocycles. The van der Waals surface area contributed by atoms with Gasteiger partial charge in [0.15, 0.2) is 0 Å². The summed E-state index contributed by atoms with van der Waals surface area (Å²) in [7, 11) is 1.73. The lowest BCUT2D eigenvalue weighted by Crippen LogP contribution is -2.42. The molecule has 0 aliphatic carbocycles. The lowest BCUT2D eigenvalue weighted by Gasteiger charge is -2.34. The van der Waals surface area contributed by atoms with Crippen molar-refractivity contribution in [3.63, 3.8) is 0 Å². The molecule has 1 unspecified atom stereocenters. The SMILES string of the molecule is CCN(CC)CC(C)(CN)Cc1ccccc1OC. The van der Waals surface area contributed by atoms with Gasteiger partial charge in [0.05, 0.1) is 7.11 Å². The van der Waals surface area contributed by atoms with Crippen LogP contribution in [-0.4, -0.2) is 38.2 Å². The Balaban J connectivity index is 2.85. The number of methoxy groups -OCH3 is 1. The van der Waals surface area contributed by atoms with Gasteiger partial charge in [-0.15, -0.1) is 0 Å². The lowest BCUT2D eigenvalue weighted by molar-refractivity contribution is 0.180. The van der Waals surface area contributed by atoms with Crippen molar-refractivity contribution in [2.24, 2.45) is 11.1 Å². The molecule has 19 heavy (non-hydrogen) atoms. The predicted octanol–water partition coefficient (Wildman–Crippen LogP) is 2.54. The van der Waals surface area contributed by atoms with Crippen LogP contribution in [0.1, 0.15) is 26.3 Å². The molecule has 0 bridgehead atoms. The van der Waals surface area contributed by atoms with E-state index in [2.05, 4.69) is 37.8 Å². The third kappa shape index (κ3) is 4.51. The van der Waals surface area contributed by atoms with Gasteiger partial charge in [0.25, 0.3) is 0 Å². The molecule has 1 atom stereocenters. The second kappa shape index (κ2) is 7.51. The van der Waals surface area contributed by atoms with Crippen LogP contribution < -0.4 is 10.5 Å². The minimum atomic E-state index is 0.0840. The molecule has 2 N–H and O–H groups in total. The molecule has 1 rings (SSSR count). The summed E-state index contributed by atoms with van der Waals surface area (Å²) >= 11 is 0. The highest BCUT2D eigenvalue weighted by molar-refractivity contribution is 5.34. The largest absolute Gasteiger partial charge is 0.496 e. The molecule has 108 valence electrons. The summed E-state index contributed by atoms with van der Waals surface area (Å²) in [4.78, 5) is 2.43. The molecule has 0 heterocycles. The molecule has 3 nitrogen and oxygen atoms in total. The van der Waals surface area contributed by atoms with Crippen LogP contribution in [0.5, 0.6) is 5.75 Å². The summed E-state index contributed by atoms with van der Waals surface area (Å²) in [5.41, 5.74) is 7.36. The fraction of sp³-hybridized carbons (Fsp3) is 0.625. The maximum absolute atomic E-state index is 6.04. The first-order chi connectivity index (χ1) is 9.08. The first-order valence-corrected chi connectivity index (χ1v) is 7.13. The molecule has 0 fully saturated rings. The highest BCUT2D eigenvalue weighted by Gasteiger charge is 2.26. The molecule has 0 radical (unpaired) electrons. The van der Waals surface area contributed by atoms with Gasteiger partial charge in [-0.3, -0.25) is 0 Å².